The molecule has 1 amide bonds. The minimum absolute atomic E-state index is 0.280. The average molecular weight is 264 g/mol. The number of hydrogen-bond donors (Lipinski definition) is 2. The summed E-state index contributed by atoms with van der Waals surface area (Å²) in [7, 11) is 1.54. The molecule has 1 aliphatic rings. The summed E-state index contributed by atoms with van der Waals surface area (Å²) in [6.07, 6.45) is 6.22. The average Bonchev–Trinajstić information content (AvgIpc) is 2.46. The molecular weight excluding hydrogens is 244 g/mol. The van der Waals surface area contributed by atoms with E-state index in [4.69, 9.17) is 4.74 Å². The van der Waals surface area contributed by atoms with Crippen molar-refractivity contribution in [2.24, 2.45) is 0 Å². The Kier molecular flexibility index (Phi) is 4.37. The Morgan fingerprint density at radius 3 is 2.89 bits per heavy atom. The van der Waals surface area contributed by atoms with Gasteiger partial charge in [0.1, 0.15) is 11.4 Å². The smallest absolute Gasteiger partial charge is 0.270 e. The van der Waals surface area contributed by atoms with E-state index in [-0.39, 0.29) is 12.5 Å². The molecule has 1 fully saturated rings. The number of methoxy groups -OCH3 is 1. The lowest BCUT2D eigenvalue weighted by molar-refractivity contribution is 0.00521. The van der Waals surface area contributed by atoms with Gasteiger partial charge in [0.15, 0.2) is 0 Å². The molecule has 1 aromatic heterocycles. The molecule has 104 valence electrons. The van der Waals surface area contributed by atoms with Gasteiger partial charge in [0.05, 0.1) is 12.7 Å². The number of ether oxygens (including phenoxy) is 1. The molecule has 0 aliphatic heterocycles. The molecule has 0 bridgehead atoms. The highest BCUT2D eigenvalue weighted by Crippen LogP contribution is 2.27. The lowest BCUT2D eigenvalue weighted by Gasteiger charge is -2.32. The van der Waals surface area contributed by atoms with Crippen LogP contribution >= 0.6 is 0 Å². The summed E-state index contributed by atoms with van der Waals surface area (Å²) in [5.41, 5.74) is -0.453. The summed E-state index contributed by atoms with van der Waals surface area (Å²) >= 11 is 0. The zero-order valence-electron chi connectivity index (χ0n) is 11.2. The van der Waals surface area contributed by atoms with Crippen LogP contribution in [0.1, 0.15) is 42.6 Å². The maximum atomic E-state index is 12.0. The van der Waals surface area contributed by atoms with Gasteiger partial charge in [-0.3, -0.25) is 9.78 Å². The van der Waals surface area contributed by atoms with Crippen LogP contribution in [0.5, 0.6) is 5.75 Å². The van der Waals surface area contributed by atoms with Gasteiger partial charge in [-0.2, -0.15) is 0 Å². The number of carbonyl (C=O) groups excluding carboxylic acids is 1. The first kappa shape index (κ1) is 13.8. The molecular formula is C14H20N2O3. The van der Waals surface area contributed by atoms with Crippen molar-refractivity contribution in [3.63, 3.8) is 0 Å². The van der Waals surface area contributed by atoms with E-state index in [0.717, 1.165) is 32.1 Å². The van der Waals surface area contributed by atoms with E-state index in [9.17, 15) is 9.90 Å². The number of nitrogens with zero attached hydrogens (tertiary/aromatic N) is 1. The molecule has 0 atom stereocenters. The maximum absolute atomic E-state index is 12.0. The molecule has 5 heteroatoms. The first-order chi connectivity index (χ1) is 9.13. The van der Waals surface area contributed by atoms with Gasteiger partial charge in [-0.05, 0) is 18.9 Å². The molecule has 0 spiro atoms. The predicted octanol–water partition coefficient (Wildman–Crippen LogP) is 1.52. The van der Waals surface area contributed by atoms with Gasteiger partial charge in [-0.1, -0.05) is 19.3 Å². The Hall–Kier alpha value is -1.62. The van der Waals surface area contributed by atoms with Crippen molar-refractivity contribution in [3.8, 4) is 5.75 Å². The molecule has 2 N–H and O–H groups in total. The largest absolute Gasteiger partial charge is 0.497 e. The fraction of sp³-hybridized carbons (Fsp3) is 0.571. The van der Waals surface area contributed by atoms with Gasteiger partial charge in [-0.15, -0.1) is 0 Å². The Morgan fingerprint density at radius 1 is 1.47 bits per heavy atom. The first-order valence-corrected chi connectivity index (χ1v) is 6.64. The van der Waals surface area contributed by atoms with E-state index < -0.39 is 5.60 Å². The third kappa shape index (κ3) is 3.67. The monoisotopic (exact) mass is 264 g/mol. The quantitative estimate of drug-likeness (QED) is 0.865. The first-order valence-electron chi connectivity index (χ1n) is 6.64. The summed E-state index contributed by atoms with van der Waals surface area (Å²) in [6.45, 7) is 0.282. The second-order valence-electron chi connectivity index (χ2n) is 5.05. The lowest BCUT2D eigenvalue weighted by atomic mass is 9.85. The van der Waals surface area contributed by atoms with Crippen LogP contribution in [0, 0.1) is 0 Å². The van der Waals surface area contributed by atoms with Gasteiger partial charge in [0, 0.05) is 18.8 Å². The molecule has 2 rings (SSSR count). The summed E-state index contributed by atoms with van der Waals surface area (Å²) in [5.74, 6) is 0.314. The number of hydrogen-bond acceptors (Lipinski definition) is 4. The Morgan fingerprint density at radius 2 is 2.21 bits per heavy atom. The van der Waals surface area contributed by atoms with E-state index in [1.165, 1.54) is 6.20 Å². The number of amides is 1. The van der Waals surface area contributed by atoms with Crippen molar-refractivity contribution in [1.29, 1.82) is 0 Å². The zero-order chi connectivity index (χ0) is 13.7. The minimum Gasteiger partial charge on any atom is -0.497 e. The van der Waals surface area contributed by atoms with E-state index in [0.29, 0.717) is 11.4 Å². The molecule has 1 aliphatic carbocycles. The zero-order valence-corrected chi connectivity index (χ0v) is 11.2. The number of pyridine rings is 1. The SMILES string of the molecule is COc1ccnc(C(=O)NCC2(O)CCCCC2)c1. The highest BCUT2D eigenvalue weighted by molar-refractivity contribution is 5.92. The van der Waals surface area contributed by atoms with Crippen LogP contribution in [-0.2, 0) is 0 Å². The normalized spacial score (nSPS) is 17.8. The highest BCUT2D eigenvalue weighted by Gasteiger charge is 2.29. The van der Waals surface area contributed by atoms with Crippen molar-refractivity contribution in [2.45, 2.75) is 37.7 Å². The van der Waals surface area contributed by atoms with Crippen LogP contribution in [0.2, 0.25) is 0 Å². The Bertz CT molecular complexity index is 442. The van der Waals surface area contributed by atoms with E-state index in [1.807, 2.05) is 0 Å². The van der Waals surface area contributed by atoms with Crippen molar-refractivity contribution in [3.05, 3.63) is 24.0 Å². The molecule has 1 heterocycles. The van der Waals surface area contributed by atoms with Crippen LogP contribution in [0.4, 0.5) is 0 Å². The van der Waals surface area contributed by atoms with Crippen LogP contribution in [0.15, 0.2) is 18.3 Å². The van der Waals surface area contributed by atoms with Gasteiger partial charge in [0.25, 0.3) is 5.91 Å². The van der Waals surface area contributed by atoms with E-state index in [2.05, 4.69) is 10.3 Å². The van der Waals surface area contributed by atoms with Crippen molar-refractivity contribution >= 4 is 5.91 Å². The molecule has 0 aromatic carbocycles. The molecule has 1 aromatic rings. The molecule has 0 unspecified atom stereocenters. The lowest BCUT2D eigenvalue weighted by Crippen LogP contribution is -2.44. The topological polar surface area (TPSA) is 71.5 Å². The molecule has 0 radical (unpaired) electrons. The van der Waals surface area contributed by atoms with Gasteiger partial charge < -0.3 is 15.2 Å². The maximum Gasteiger partial charge on any atom is 0.270 e. The fourth-order valence-corrected chi connectivity index (χ4v) is 2.38. The van der Waals surface area contributed by atoms with Crippen LogP contribution in [0.3, 0.4) is 0 Å². The molecule has 19 heavy (non-hydrogen) atoms. The Balaban J connectivity index is 1.93. The van der Waals surface area contributed by atoms with E-state index >= 15 is 0 Å². The van der Waals surface area contributed by atoms with Crippen molar-refractivity contribution in [2.75, 3.05) is 13.7 Å². The number of aromatic nitrogens is 1. The summed E-state index contributed by atoms with van der Waals surface area (Å²) in [5, 5.41) is 13.1. The third-order valence-corrected chi connectivity index (χ3v) is 3.56. The predicted molar refractivity (Wildman–Crippen MR) is 71.2 cm³/mol. The number of carbonyl (C=O) groups is 1. The minimum atomic E-state index is -0.757. The summed E-state index contributed by atoms with van der Waals surface area (Å²) < 4.78 is 5.05. The highest BCUT2D eigenvalue weighted by atomic mass is 16.5. The molecule has 5 nitrogen and oxygen atoms in total. The van der Waals surface area contributed by atoms with E-state index in [1.54, 1.807) is 19.2 Å². The molecule has 0 saturated heterocycles. The van der Waals surface area contributed by atoms with Crippen molar-refractivity contribution < 1.29 is 14.6 Å². The van der Waals surface area contributed by atoms with Crippen LogP contribution in [0.25, 0.3) is 0 Å². The van der Waals surface area contributed by atoms with Crippen LogP contribution < -0.4 is 10.1 Å². The number of aliphatic hydroxyl groups is 1. The Labute approximate surface area is 113 Å². The standard InChI is InChI=1S/C14H20N2O3/c1-19-11-5-8-15-12(9-11)13(17)16-10-14(18)6-3-2-4-7-14/h5,8-9,18H,2-4,6-7,10H2,1H3,(H,16,17). The summed E-state index contributed by atoms with van der Waals surface area (Å²) in [6, 6.07) is 3.27. The molecule has 1 saturated carbocycles. The van der Waals surface area contributed by atoms with Gasteiger partial charge in [-0.25, -0.2) is 0 Å². The van der Waals surface area contributed by atoms with Gasteiger partial charge in [0.2, 0.25) is 0 Å². The summed E-state index contributed by atoms with van der Waals surface area (Å²) in [4.78, 5) is 16.0. The van der Waals surface area contributed by atoms with Crippen LogP contribution in [-0.4, -0.2) is 35.3 Å². The second kappa shape index (κ2) is 6.02. The number of nitrogens with one attached hydrogen (secondary N) is 1. The van der Waals surface area contributed by atoms with Crippen molar-refractivity contribution in [1.82, 2.24) is 10.3 Å². The third-order valence-electron chi connectivity index (χ3n) is 3.56. The fourth-order valence-electron chi connectivity index (χ4n) is 2.38. The van der Waals surface area contributed by atoms with Gasteiger partial charge >= 0.3 is 0 Å². The number of rotatable bonds is 4. The second-order valence-corrected chi connectivity index (χ2v) is 5.05.